The van der Waals surface area contributed by atoms with Gasteiger partial charge < -0.3 is 21.5 Å². The van der Waals surface area contributed by atoms with E-state index < -0.39 is 11.9 Å². The fraction of sp³-hybridized carbons (Fsp3) is 0.263. The van der Waals surface area contributed by atoms with Crippen molar-refractivity contribution in [1.29, 1.82) is 0 Å². The number of benzene rings is 2. The average Bonchev–Trinajstić information content (AvgIpc) is 2.55. The largest absolute Gasteiger partial charge is 0.457 e. The molecule has 0 aliphatic heterocycles. The maximum Gasteiger partial charge on any atom is 0.248 e. The van der Waals surface area contributed by atoms with E-state index in [2.05, 4.69) is 5.32 Å². The molecule has 0 aliphatic rings. The third kappa shape index (κ3) is 5.06. The van der Waals surface area contributed by atoms with E-state index >= 15 is 0 Å². The van der Waals surface area contributed by atoms with Crippen LogP contribution in [0.3, 0.4) is 0 Å². The SMILES string of the molecule is CC(C)(C)[C@H](N)C(=O)Nc1ccc(Oc2cccc(C(N)=O)c2)cc1. The highest BCUT2D eigenvalue weighted by atomic mass is 16.5. The first kappa shape index (κ1) is 18.5. The van der Waals surface area contributed by atoms with Gasteiger partial charge >= 0.3 is 0 Å². The molecule has 0 aliphatic carbocycles. The van der Waals surface area contributed by atoms with Gasteiger partial charge in [0.05, 0.1) is 6.04 Å². The summed E-state index contributed by atoms with van der Waals surface area (Å²) in [6, 6.07) is 12.9. The zero-order valence-corrected chi connectivity index (χ0v) is 14.6. The third-order valence-electron chi connectivity index (χ3n) is 3.69. The lowest BCUT2D eigenvalue weighted by atomic mass is 9.87. The summed E-state index contributed by atoms with van der Waals surface area (Å²) < 4.78 is 5.69. The number of rotatable bonds is 5. The standard InChI is InChI=1S/C19H23N3O3/c1-19(2,3)16(20)18(24)22-13-7-9-14(10-8-13)25-15-6-4-5-12(11-15)17(21)23/h4-11,16H,20H2,1-3H3,(H2,21,23)(H,22,24)/t16-/m1/s1. The maximum atomic E-state index is 12.1. The van der Waals surface area contributed by atoms with Gasteiger partial charge in [-0.15, -0.1) is 0 Å². The van der Waals surface area contributed by atoms with Crippen molar-refractivity contribution in [3.63, 3.8) is 0 Å². The minimum atomic E-state index is -0.611. The van der Waals surface area contributed by atoms with Crippen LogP contribution in [0, 0.1) is 5.41 Å². The van der Waals surface area contributed by atoms with E-state index in [1.165, 1.54) is 0 Å². The highest BCUT2D eigenvalue weighted by Gasteiger charge is 2.27. The molecule has 6 nitrogen and oxygen atoms in total. The summed E-state index contributed by atoms with van der Waals surface area (Å²) in [5.41, 5.74) is 11.9. The molecule has 0 bridgehead atoms. The van der Waals surface area contributed by atoms with E-state index in [1.54, 1.807) is 48.5 Å². The Morgan fingerprint density at radius 1 is 1.04 bits per heavy atom. The van der Waals surface area contributed by atoms with E-state index in [4.69, 9.17) is 16.2 Å². The van der Waals surface area contributed by atoms with Gasteiger partial charge in [-0.1, -0.05) is 26.8 Å². The molecule has 1 atom stereocenters. The second-order valence-corrected chi connectivity index (χ2v) is 6.85. The topological polar surface area (TPSA) is 107 Å². The fourth-order valence-corrected chi connectivity index (χ4v) is 2.07. The predicted octanol–water partition coefficient (Wildman–Crippen LogP) is 2.89. The summed E-state index contributed by atoms with van der Waals surface area (Å²) in [5.74, 6) is 0.316. The molecule has 132 valence electrons. The molecule has 0 unspecified atom stereocenters. The van der Waals surface area contributed by atoms with Crippen LogP contribution in [0.4, 0.5) is 5.69 Å². The van der Waals surface area contributed by atoms with Crippen molar-refractivity contribution in [3.05, 3.63) is 54.1 Å². The second-order valence-electron chi connectivity index (χ2n) is 6.85. The van der Waals surface area contributed by atoms with Gasteiger partial charge in [-0.25, -0.2) is 0 Å². The lowest BCUT2D eigenvalue weighted by molar-refractivity contribution is -0.119. The van der Waals surface area contributed by atoms with Crippen LogP contribution in [0.1, 0.15) is 31.1 Å². The number of carbonyl (C=O) groups excluding carboxylic acids is 2. The minimum absolute atomic E-state index is 0.240. The van der Waals surface area contributed by atoms with Crippen LogP contribution in [-0.4, -0.2) is 17.9 Å². The maximum absolute atomic E-state index is 12.1. The number of nitrogens with one attached hydrogen (secondary N) is 1. The van der Waals surface area contributed by atoms with Gasteiger partial charge in [0, 0.05) is 11.3 Å². The Kier molecular flexibility index (Phi) is 5.44. The zero-order valence-electron chi connectivity index (χ0n) is 14.6. The van der Waals surface area contributed by atoms with Crippen molar-refractivity contribution in [2.24, 2.45) is 16.9 Å². The van der Waals surface area contributed by atoms with E-state index in [1.807, 2.05) is 20.8 Å². The normalized spacial score (nSPS) is 12.3. The van der Waals surface area contributed by atoms with E-state index in [9.17, 15) is 9.59 Å². The smallest absolute Gasteiger partial charge is 0.248 e. The van der Waals surface area contributed by atoms with Gasteiger partial charge in [0.15, 0.2) is 0 Å². The number of carbonyl (C=O) groups is 2. The van der Waals surface area contributed by atoms with Crippen molar-refractivity contribution in [3.8, 4) is 11.5 Å². The highest BCUT2D eigenvalue weighted by molar-refractivity contribution is 5.95. The first-order valence-electron chi connectivity index (χ1n) is 7.91. The van der Waals surface area contributed by atoms with Gasteiger partial charge in [0.25, 0.3) is 0 Å². The number of amides is 2. The summed E-state index contributed by atoms with van der Waals surface area (Å²) in [6.45, 7) is 5.73. The Hall–Kier alpha value is -2.86. The van der Waals surface area contributed by atoms with Crippen LogP contribution in [-0.2, 0) is 4.79 Å². The minimum Gasteiger partial charge on any atom is -0.457 e. The van der Waals surface area contributed by atoms with Crippen LogP contribution in [0.2, 0.25) is 0 Å². The average molecular weight is 341 g/mol. The molecule has 2 rings (SSSR count). The molecule has 0 spiro atoms. The Balaban J connectivity index is 2.04. The van der Waals surface area contributed by atoms with E-state index in [-0.39, 0.29) is 11.3 Å². The Labute approximate surface area is 147 Å². The monoisotopic (exact) mass is 341 g/mol. The van der Waals surface area contributed by atoms with Gasteiger partial charge in [-0.3, -0.25) is 9.59 Å². The van der Waals surface area contributed by atoms with Crippen molar-refractivity contribution in [2.45, 2.75) is 26.8 Å². The third-order valence-corrected chi connectivity index (χ3v) is 3.69. The van der Waals surface area contributed by atoms with Crippen LogP contribution in [0.5, 0.6) is 11.5 Å². The molecule has 0 fully saturated rings. The molecule has 2 aromatic carbocycles. The van der Waals surface area contributed by atoms with Crippen LogP contribution >= 0.6 is 0 Å². The van der Waals surface area contributed by atoms with Crippen molar-refractivity contribution < 1.29 is 14.3 Å². The summed E-state index contributed by atoms with van der Waals surface area (Å²) >= 11 is 0. The molecule has 2 aromatic rings. The van der Waals surface area contributed by atoms with Crippen LogP contribution < -0.4 is 21.5 Å². The number of primary amides is 1. The Morgan fingerprint density at radius 2 is 1.68 bits per heavy atom. The summed E-state index contributed by atoms with van der Waals surface area (Å²) in [6.07, 6.45) is 0. The molecular formula is C19H23N3O3. The van der Waals surface area contributed by atoms with Crippen molar-refractivity contribution >= 4 is 17.5 Å². The number of ether oxygens (including phenoxy) is 1. The molecule has 0 heterocycles. The Morgan fingerprint density at radius 3 is 2.24 bits per heavy atom. The van der Waals surface area contributed by atoms with Crippen molar-refractivity contribution in [2.75, 3.05) is 5.32 Å². The molecular weight excluding hydrogens is 318 g/mol. The van der Waals surface area contributed by atoms with E-state index in [0.717, 1.165) is 0 Å². The molecule has 0 saturated carbocycles. The molecule has 0 saturated heterocycles. The van der Waals surface area contributed by atoms with Gasteiger partial charge in [0.2, 0.25) is 11.8 Å². The first-order chi connectivity index (χ1) is 11.7. The number of anilines is 1. The fourth-order valence-electron chi connectivity index (χ4n) is 2.07. The molecule has 6 heteroatoms. The quantitative estimate of drug-likeness (QED) is 0.777. The Bertz CT molecular complexity index is 764. The summed E-state index contributed by atoms with van der Waals surface area (Å²) in [7, 11) is 0. The molecule has 0 aromatic heterocycles. The zero-order chi connectivity index (χ0) is 18.6. The number of hydrogen-bond donors (Lipinski definition) is 3. The molecule has 2 amide bonds. The van der Waals surface area contributed by atoms with Crippen LogP contribution in [0.15, 0.2) is 48.5 Å². The summed E-state index contributed by atoms with van der Waals surface area (Å²) in [4.78, 5) is 23.3. The van der Waals surface area contributed by atoms with E-state index in [0.29, 0.717) is 22.7 Å². The second kappa shape index (κ2) is 7.36. The number of hydrogen-bond acceptors (Lipinski definition) is 4. The van der Waals surface area contributed by atoms with Crippen LogP contribution in [0.25, 0.3) is 0 Å². The molecule has 0 radical (unpaired) electrons. The lowest BCUT2D eigenvalue weighted by Crippen LogP contribution is -2.45. The first-order valence-corrected chi connectivity index (χ1v) is 7.91. The summed E-state index contributed by atoms with van der Waals surface area (Å²) in [5, 5.41) is 2.78. The van der Waals surface area contributed by atoms with Gasteiger partial charge in [-0.2, -0.15) is 0 Å². The number of nitrogens with two attached hydrogens (primary N) is 2. The van der Waals surface area contributed by atoms with Gasteiger partial charge in [-0.05, 0) is 47.9 Å². The predicted molar refractivity (Wildman–Crippen MR) is 97.5 cm³/mol. The van der Waals surface area contributed by atoms with Gasteiger partial charge in [0.1, 0.15) is 11.5 Å². The lowest BCUT2D eigenvalue weighted by Gasteiger charge is -2.25. The molecule has 5 N–H and O–H groups in total. The molecule has 25 heavy (non-hydrogen) atoms. The highest BCUT2D eigenvalue weighted by Crippen LogP contribution is 2.24. The van der Waals surface area contributed by atoms with Crippen molar-refractivity contribution in [1.82, 2.24) is 0 Å².